The van der Waals surface area contributed by atoms with Crippen molar-refractivity contribution in [2.75, 3.05) is 11.1 Å². The molecule has 0 aromatic carbocycles. The largest absolute Gasteiger partial charge is 0.417 e. The van der Waals surface area contributed by atoms with Crippen molar-refractivity contribution in [1.29, 1.82) is 0 Å². The second-order valence-electron chi connectivity index (χ2n) is 5.99. The monoisotopic (exact) mass is 394 g/mol. The summed E-state index contributed by atoms with van der Waals surface area (Å²) in [6, 6.07) is 5.69. The Morgan fingerprint density at radius 2 is 2.04 bits per heavy atom. The van der Waals surface area contributed by atoms with Gasteiger partial charge >= 0.3 is 6.18 Å². The third kappa shape index (κ3) is 4.19. The predicted octanol–water partition coefficient (Wildman–Crippen LogP) is 4.89. The number of nitrogens with one attached hydrogen (secondary N) is 1. The van der Waals surface area contributed by atoms with Gasteiger partial charge < -0.3 is 11.1 Å². The summed E-state index contributed by atoms with van der Waals surface area (Å²) in [5.74, 6) is -0.515. The van der Waals surface area contributed by atoms with Crippen LogP contribution in [0.1, 0.15) is 40.7 Å². The number of nitrogen functional groups attached to an aromatic ring is 1. The molecule has 0 saturated carbocycles. The number of aromatic nitrogens is 2. The molecule has 0 saturated heterocycles. The smallest absolute Gasteiger partial charge is 0.397 e. The summed E-state index contributed by atoms with van der Waals surface area (Å²) in [4.78, 5) is 21.6. The Balaban J connectivity index is 1.81. The van der Waals surface area contributed by atoms with Gasteiger partial charge in [-0.1, -0.05) is 13.3 Å². The number of halogens is 3. The number of amides is 1. The molecule has 0 aliphatic rings. The minimum atomic E-state index is -4.48. The number of carbonyl (C=O) groups excluding carboxylic acids is 1. The molecule has 0 aliphatic carbocycles. The zero-order chi connectivity index (χ0) is 19.6. The molecule has 3 heterocycles. The van der Waals surface area contributed by atoms with Crippen LogP contribution in [0.3, 0.4) is 0 Å². The van der Waals surface area contributed by atoms with E-state index in [-0.39, 0.29) is 10.7 Å². The molecule has 1 amide bonds. The molecule has 9 heteroatoms. The zero-order valence-corrected chi connectivity index (χ0v) is 15.2. The summed E-state index contributed by atoms with van der Waals surface area (Å²) in [5.41, 5.74) is 6.41. The number of unbranched alkanes of at least 4 members (excludes halogenated alkanes) is 1. The van der Waals surface area contributed by atoms with Gasteiger partial charge in [-0.05, 0) is 37.1 Å². The Bertz CT molecular complexity index is 967. The number of thiophene rings is 1. The zero-order valence-electron chi connectivity index (χ0n) is 14.4. The molecule has 0 bridgehead atoms. The maximum Gasteiger partial charge on any atom is 0.417 e. The first kappa shape index (κ1) is 19.1. The van der Waals surface area contributed by atoms with E-state index in [1.54, 1.807) is 0 Å². The molecule has 27 heavy (non-hydrogen) atoms. The summed E-state index contributed by atoms with van der Waals surface area (Å²) in [6.45, 7) is 2.10. The van der Waals surface area contributed by atoms with Crippen molar-refractivity contribution >= 4 is 39.0 Å². The lowest BCUT2D eigenvalue weighted by Gasteiger charge is -2.07. The molecule has 3 rings (SSSR count). The van der Waals surface area contributed by atoms with Crippen LogP contribution < -0.4 is 11.1 Å². The molecule has 3 N–H and O–H groups in total. The van der Waals surface area contributed by atoms with Crippen LogP contribution in [0.5, 0.6) is 0 Å². The van der Waals surface area contributed by atoms with E-state index >= 15 is 0 Å². The number of hydrogen-bond donors (Lipinski definition) is 2. The number of nitrogens with zero attached hydrogens (tertiary/aromatic N) is 2. The summed E-state index contributed by atoms with van der Waals surface area (Å²) in [6.07, 6.45) is -0.883. The van der Waals surface area contributed by atoms with E-state index in [1.165, 1.54) is 0 Å². The van der Waals surface area contributed by atoms with Crippen molar-refractivity contribution in [1.82, 2.24) is 9.97 Å². The number of anilines is 2. The lowest BCUT2D eigenvalue weighted by Crippen LogP contribution is -2.13. The van der Waals surface area contributed by atoms with Crippen LogP contribution in [0.4, 0.5) is 24.7 Å². The molecule has 3 aromatic rings. The summed E-state index contributed by atoms with van der Waals surface area (Å²) in [5, 5.41) is 3.16. The first-order valence-electron chi connectivity index (χ1n) is 8.32. The molecule has 0 spiro atoms. The Kier molecular flexibility index (Phi) is 5.31. The van der Waals surface area contributed by atoms with Gasteiger partial charge in [-0.3, -0.25) is 4.79 Å². The molecular weight excluding hydrogens is 377 g/mol. The summed E-state index contributed by atoms with van der Waals surface area (Å²) >= 11 is 1.15. The van der Waals surface area contributed by atoms with Gasteiger partial charge in [-0.2, -0.15) is 13.2 Å². The molecule has 0 aliphatic heterocycles. The van der Waals surface area contributed by atoms with Crippen molar-refractivity contribution < 1.29 is 18.0 Å². The van der Waals surface area contributed by atoms with E-state index in [9.17, 15) is 18.0 Å². The van der Waals surface area contributed by atoms with Crippen LogP contribution in [-0.2, 0) is 12.6 Å². The third-order valence-electron chi connectivity index (χ3n) is 3.98. The summed E-state index contributed by atoms with van der Waals surface area (Å²) < 4.78 is 37.7. The standard InChI is InChI=1S/C18H17F3N4OS/c1-2-3-4-11-6-7-12-14(22)15(27-17(12)24-11)16(26)25-13-8-5-10(9-23-13)18(19,20)21/h5-9H,2-4,22H2,1H3,(H,23,25,26). The van der Waals surface area contributed by atoms with Gasteiger partial charge in [-0.15, -0.1) is 11.3 Å². The maximum atomic E-state index is 12.6. The van der Waals surface area contributed by atoms with Gasteiger partial charge in [0.15, 0.2) is 0 Å². The average molecular weight is 394 g/mol. The number of carbonyl (C=O) groups is 1. The van der Waals surface area contributed by atoms with Gasteiger partial charge in [0.25, 0.3) is 5.91 Å². The van der Waals surface area contributed by atoms with Crippen molar-refractivity contribution in [3.05, 3.63) is 46.6 Å². The fourth-order valence-corrected chi connectivity index (χ4v) is 3.52. The number of fused-ring (bicyclic) bond motifs is 1. The van der Waals surface area contributed by atoms with Crippen molar-refractivity contribution in [2.45, 2.75) is 32.4 Å². The molecule has 0 unspecified atom stereocenters. The number of rotatable bonds is 5. The second kappa shape index (κ2) is 7.51. The molecule has 3 aromatic heterocycles. The van der Waals surface area contributed by atoms with E-state index in [0.29, 0.717) is 22.1 Å². The first-order valence-corrected chi connectivity index (χ1v) is 9.13. The second-order valence-corrected chi connectivity index (χ2v) is 6.99. The van der Waals surface area contributed by atoms with E-state index in [1.807, 2.05) is 12.1 Å². The number of aryl methyl sites for hydroxylation is 1. The van der Waals surface area contributed by atoms with Crippen molar-refractivity contribution in [3.63, 3.8) is 0 Å². The van der Waals surface area contributed by atoms with Crippen molar-refractivity contribution in [2.24, 2.45) is 0 Å². The Morgan fingerprint density at radius 1 is 1.26 bits per heavy atom. The van der Waals surface area contributed by atoms with E-state index in [2.05, 4.69) is 22.2 Å². The number of alkyl halides is 3. The Morgan fingerprint density at radius 3 is 2.67 bits per heavy atom. The lowest BCUT2D eigenvalue weighted by atomic mass is 10.1. The average Bonchev–Trinajstić information content (AvgIpc) is 2.96. The van der Waals surface area contributed by atoms with Crippen LogP contribution >= 0.6 is 11.3 Å². The summed E-state index contributed by atoms with van der Waals surface area (Å²) in [7, 11) is 0. The molecule has 142 valence electrons. The topological polar surface area (TPSA) is 80.9 Å². The van der Waals surface area contributed by atoms with Crippen molar-refractivity contribution in [3.8, 4) is 0 Å². The molecular formula is C18H17F3N4OS. The fraction of sp³-hybridized carbons (Fsp3) is 0.278. The van der Waals surface area contributed by atoms with Crippen LogP contribution in [-0.4, -0.2) is 15.9 Å². The van der Waals surface area contributed by atoms with Gasteiger partial charge in [-0.25, -0.2) is 9.97 Å². The normalized spacial score (nSPS) is 11.7. The number of pyridine rings is 2. The minimum absolute atomic E-state index is 0.0152. The minimum Gasteiger partial charge on any atom is -0.397 e. The number of hydrogen-bond acceptors (Lipinski definition) is 5. The van der Waals surface area contributed by atoms with Gasteiger partial charge in [0, 0.05) is 17.3 Å². The van der Waals surface area contributed by atoms with Crippen LogP contribution in [0, 0.1) is 0 Å². The highest BCUT2D eigenvalue weighted by atomic mass is 32.1. The van der Waals surface area contributed by atoms with Gasteiger partial charge in [0.1, 0.15) is 15.5 Å². The highest BCUT2D eigenvalue weighted by Gasteiger charge is 2.30. The van der Waals surface area contributed by atoms with E-state index in [0.717, 1.165) is 48.4 Å². The highest BCUT2D eigenvalue weighted by Crippen LogP contribution is 2.33. The molecule has 0 atom stereocenters. The van der Waals surface area contributed by atoms with Gasteiger partial charge in [0.05, 0.1) is 11.3 Å². The van der Waals surface area contributed by atoms with E-state index < -0.39 is 17.6 Å². The fourth-order valence-electron chi connectivity index (χ4n) is 2.51. The quantitative estimate of drug-likeness (QED) is 0.646. The molecule has 5 nitrogen and oxygen atoms in total. The van der Waals surface area contributed by atoms with Gasteiger partial charge in [0.2, 0.25) is 0 Å². The van der Waals surface area contributed by atoms with E-state index in [4.69, 9.17) is 5.73 Å². The Hall–Kier alpha value is -2.68. The molecule has 0 radical (unpaired) electrons. The lowest BCUT2D eigenvalue weighted by molar-refractivity contribution is -0.137. The predicted molar refractivity (Wildman–Crippen MR) is 99.8 cm³/mol. The first-order chi connectivity index (χ1) is 12.8. The Labute approximate surface area is 157 Å². The van der Waals surface area contributed by atoms with Crippen LogP contribution in [0.2, 0.25) is 0 Å². The highest BCUT2D eigenvalue weighted by molar-refractivity contribution is 7.21. The van der Waals surface area contributed by atoms with Crippen LogP contribution in [0.15, 0.2) is 30.5 Å². The molecule has 0 fully saturated rings. The van der Waals surface area contributed by atoms with Crippen LogP contribution in [0.25, 0.3) is 10.2 Å². The maximum absolute atomic E-state index is 12.6. The number of nitrogens with two attached hydrogens (primary N) is 1. The SMILES string of the molecule is CCCCc1ccc2c(N)c(C(=O)Nc3ccc(C(F)(F)F)cn3)sc2n1. The third-order valence-corrected chi connectivity index (χ3v) is 5.09.